The number of rotatable bonds is 6. The predicted molar refractivity (Wildman–Crippen MR) is 128 cm³/mol. The zero-order valence-electron chi connectivity index (χ0n) is 18.5. The van der Waals surface area contributed by atoms with Gasteiger partial charge in [-0.3, -0.25) is 14.2 Å². The van der Waals surface area contributed by atoms with Crippen molar-refractivity contribution in [3.05, 3.63) is 65.9 Å². The maximum atomic E-state index is 12.9. The quantitative estimate of drug-likeness (QED) is 0.579. The number of piperidine rings is 1. The molecule has 166 valence electrons. The van der Waals surface area contributed by atoms with Crippen molar-refractivity contribution in [2.45, 2.75) is 31.8 Å². The Balaban J connectivity index is 1.61. The van der Waals surface area contributed by atoms with E-state index in [4.69, 9.17) is 5.73 Å². The lowest BCUT2D eigenvalue weighted by molar-refractivity contribution is -0.132. The van der Waals surface area contributed by atoms with Crippen LogP contribution in [0, 0.1) is 19.8 Å². The normalized spacial score (nSPS) is 16.2. The van der Waals surface area contributed by atoms with Crippen molar-refractivity contribution < 1.29 is 9.59 Å². The van der Waals surface area contributed by atoms with Gasteiger partial charge in [-0.2, -0.15) is 0 Å². The van der Waals surface area contributed by atoms with E-state index in [0.29, 0.717) is 13.1 Å². The standard InChI is InChI=1S/C25H28N4O2S/c1-17-10-11-21(18(2)13-17)29-22(19-7-4-3-5-8-19)14-27-25(29)32-16-23(30)28-12-6-9-20(15-28)24(26)31/h3-5,7-8,10-11,13-14,20H,6,9,12,15-16H2,1-2H3,(H2,26,31)/t20-/m1/s1. The van der Waals surface area contributed by atoms with Crippen molar-refractivity contribution in [1.29, 1.82) is 0 Å². The van der Waals surface area contributed by atoms with Crippen LogP contribution in [0.15, 0.2) is 59.9 Å². The molecule has 2 amide bonds. The van der Waals surface area contributed by atoms with E-state index in [1.807, 2.05) is 24.4 Å². The van der Waals surface area contributed by atoms with Gasteiger partial charge in [0, 0.05) is 18.7 Å². The summed E-state index contributed by atoms with van der Waals surface area (Å²) in [4.78, 5) is 30.9. The monoisotopic (exact) mass is 448 g/mol. The molecule has 0 bridgehead atoms. The molecule has 32 heavy (non-hydrogen) atoms. The fourth-order valence-electron chi connectivity index (χ4n) is 4.19. The molecule has 1 saturated heterocycles. The smallest absolute Gasteiger partial charge is 0.233 e. The van der Waals surface area contributed by atoms with Gasteiger partial charge in [-0.25, -0.2) is 4.98 Å². The van der Waals surface area contributed by atoms with Crippen LogP contribution in [0.2, 0.25) is 0 Å². The molecule has 0 radical (unpaired) electrons. The highest BCUT2D eigenvalue weighted by Gasteiger charge is 2.27. The second-order valence-electron chi connectivity index (χ2n) is 8.29. The molecule has 2 aromatic carbocycles. The second-order valence-corrected chi connectivity index (χ2v) is 9.23. The van der Waals surface area contributed by atoms with E-state index in [2.05, 4.69) is 53.7 Å². The Bertz CT molecular complexity index is 1130. The van der Waals surface area contributed by atoms with Gasteiger partial charge in [0.1, 0.15) is 0 Å². The maximum Gasteiger partial charge on any atom is 0.233 e. The van der Waals surface area contributed by atoms with Gasteiger partial charge < -0.3 is 10.6 Å². The van der Waals surface area contributed by atoms with Gasteiger partial charge in [0.15, 0.2) is 5.16 Å². The average molecular weight is 449 g/mol. The van der Waals surface area contributed by atoms with Crippen LogP contribution < -0.4 is 5.73 Å². The predicted octanol–water partition coefficient (Wildman–Crippen LogP) is 3.97. The molecule has 3 aromatic rings. The first-order valence-corrected chi connectivity index (χ1v) is 11.8. The van der Waals surface area contributed by atoms with E-state index in [9.17, 15) is 9.59 Å². The number of imidazole rings is 1. The molecule has 1 aliphatic heterocycles. The maximum absolute atomic E-state index is 12.9. The summed E-state index contributed by atoms with van der Waals surface area (Å²) < 4.78 is 2.13. The number of nitrogens with two attached hydrogens (primary N) is 1. The average Bonchev–Trinajstić information content (AvgIpc) is 3.21. The summed E-state index contributed by atoms with van der Waals surface area (Å²) >= 11 is 1.43. The number of likely N-dealkylation sites (tertiary alicyclic amines) is 1. The largest absolute Gasteiger partial charge is 0.369 e. The molecular formula is C25H28N4O2S. The minimum Gasteiger partial charge on any atom is -0.369 e. The van der Waals surface area contributed by atoms with Crippen molar-refractivity contribution >= 4 is 23.6 Å². The molecule has 6 nitrogen and oxygen atoms in total. The van der Waals surface area contributed by atoms with Crippen molar-refractivity contribution in [2.24, 2.45) is 11.7 Å². The van der Waals surface area contributed by atoms with Crippen LogP contribution in [-0.4, -0.2) is 45.1 Å². The molecule has 0 unspecified atom stereocenters. The summed E-state index contributed by atoms with van der Waals surface area (Å²) in [7, 11) is 0. The fourth-order valence-corrected chi connectivity index (χ4v) is 5.08. The molecule has 7 heteroatoms. The number of nitrogens with zero attached hydrogens (tertiary/aromatic N) is 3. The number of hydrogen-bond acceptors (Lipinski definition) is 4. The number of primary amides is 1. The van der Waals surface area contributed by atoms with Gasteiger partial charge in [-0.05, 0) is 38.3 Å². The molecular weight excluding hydrogens is 420 g/mol. The summed E-state index contributed by atoms with van der Waals surface area (Å²) in [5, 5.41) is 0.771. The number of benzene rings is 2. The first-order chi connectivity index (χ1) is 15.4. The number of carbonyl (C=O) groups excluding carboxylic acids is 2. The Morgan fingerprint density at radius 1 is 1.16 bits per heavy atom. The molecule has 1 fully saturated rings. The van der Waals surface area contributed by atoms with Crippen LogP contribution in [0.25, 0.3) is 16.9 Å². The highest BCUT2D eigenvalue weighted by molar-refractivity contribution is 7.99. The number of thioether (sulfide) groups is 1. The van der Waals surface area contributed by atoms with E-state index in [1.165, 1.54) is 17.3 Å². The summed E-state index contributed by atoms with van der Waals surface area (Å²) in [6.07, 6.45) is 3.43. The number of aryl methyl sites for hydroxylation is 2. The Hall–Kier alpha value is -3.06. The van der Waals surface area contributed by atoms with E-state index in [-0.39, 0.29) is 23.5 Å². The molecule has 0 saturated carbocycles. The van der Waals surface area contributed by atoms with Crippen molar-refractivity contribution in [3.63, 3.8) is 0 Å². The van der Waals surface area contributed by atoms with Gasteiger partial charge in [0.2, 0.25) is 11.8 Å². The van der Waals surface area contributed by atoms with Gasteiger partial charge in [0.05, 0.1) is 29.2 Å². The molecule has 4 rings (SSSR count). The molecule has 2 heterocycles. The fraction of sp³-hybridized carbons (Fsp3) is 0.320. The van der Waals surface area contributed by atoms with Gasteiger partial charge in [0.25, 0.3) is 0 Å². The number of hydrogen-bond donors (Lipinski definition) is 1. The van der Waals surface area contributed by atoms with Crippen LogP contribution in [0.5, 0.6) is 0 Å². The Morgan fingerprint density at radius 2 is 1.94 bits per heavy atom. The summed E-state index contributed by atoms with van der Waals surface area (Å²) in [6, 6.07) is 16.5. The molecule has 1 aliphatic rings. The summed E-state index contributed by atoms with van der Waals surface area (Å²) in [5.74, 6) is -0.299. The number of aromatic nitrogens is 2. The molecule has 2 N–H and O–H groups in total. The lowest BCUT2D eigenvalue weighted by Gasteiger charge is -2.31. The molecule has 1 aromatic heterocycles. The molecule has 0 spiro atoms. The first-order valence-electron chi connectivity index (χ1n) is 10.8. The molecule has 0 aliphatic carbocycles. The Labute approximate surface area is 192 Å². The van der Waals surface area contributed by atoms with Crippen molar-refractivity contribution in [2.75, 3.05) is 18.8 Å². The van der Waals surface area contributed by atoms with Crippen molar-refractivity contribution in [1.82, 2.24) is 14.5 Å². The number of amides is 2. The summed E-state index contributed by atoms with van der Waals surface area (Å²) in [5.41, 5.74) is 10.9. The van der Waals surface area contributed by atoms with Crippen molar-refractivity contribution in [3.8, 4) is 16.9 Å². The van der Waals surface area contributed by atoms with Crippen LogP contribution in [0.3, 0.4) is 0 Å². The SMILES string of the molecule is Cc1ccc(-n2c(-c3ccccc3)cnc2SCC(=O)N2CCC[C@@H](C(N)=O)C2)c(C)c1. The topological polar surface area (TPSA) is 81.2 Å². The highest BCUT2D eigenvalue weighted by Crippen LogP contribution is 2.32. The van der Waals surface area contributed by atoms with Crippen LogP contribution >= 0.6 is 11.8 Å². The lowest BCUT2D eigenvalue weighted by Crippen LogP contribution is -2.44. The zero-order valence-corrected chi connectivity index (χ0v) is 19.3. The van der Waals surface area contributed by atoms with Gasteiger partial charge in [-0.1, -0.05) is 59.8 Å². The number of carbonyl (C=O) groups is 2. The van der Waals surface area contributed by atoms with Gasteiger partial charge in [-0.15, -0.1) is 0 Å². The second kappa shape index (κ2) is 9.61. The Morgan fingerprint density at radius 3 is 2.66 bits per heavy atom. The first kappa shape index (κ1) is 22.1. The van der Waals surface area contributed by atoms with E-state index >= 15 is 0 Å². The lowest BCUT2D eigenvalue weighted by atomic mass is 9.97. The van der Waals surface area contributed by atoms with Crippen LogP contribution in [0.4, 0.5) is 0 Å². The third kappa shape index (κ3) is 4.72. The van der Waals surface area contributed by atoms with E-state index in [0.717, 1.165) is 40.5 Å². The summed E-state index contributed by atoms with van der Waals surface area (Å²) in [6.45, 7) is 5.25. The molecule has 1 atom stereocenters. The third-order valence-corrected chi connectivity index (χ3v) is 6.83. The van der Waals surface area contributed by atoms with Crippen LogP contribution in [0.1, 0.15) is 24.0 Å². The third-order valence-electron chi connectivity index (χ3n) is 5.89. The zero-order chi connectivity index (χ0) is 22.7. The van der Waals surface area contributed by atoms with E-state index in [1.54, 1.807) is 4.90 Å². The highest BCUT2D eigenvalue weighted by atomic mass is 32.2. The van der Waals surface area contributed by atoms with Gasteiger partial charge >= 0.3 is 0 Å². The Kier molecular flexibility index (Phi) is 6.65. The van der Waals surface area contributed by atoms with Crippen LogP contribution in [-0.2, 0) is 9.59 Å². The van der Waals surface area contributed by atoms with E-state index < -0.39 is 0 Å². The minimum absolute atomic E-state index is 0.0115. The minimum atomic E-state index is -0.326.